The number of carbonyl (C=O) groups is 1. The van der Waals surface area contributed by atoms with Gasteiger partial charge in [0.25, 0.3) is 5.91 Å². The quantitative estimate of drug-likeness (QED) is 0.678. The number of aryl methyl sites for hydroxylation is 1. The average molecular weight is 308 g/mol. The van der Waals surface area contributed by atoms with Gasteiger partial charge in [-0.1, -0.05) is 23.8 Å². The van der Waals surface area contributed by atoms with Gasteiger partial charge in [-0.15, -0.1) is 0 Å². The minimum absolute atomic E-state index is 0.0120. The Labute approximate surface area is 135 Å². The van der Waals surface area contributed by atoms with E-state index >= 15 is 0 Å². The molecular formula is C19H20N2O2. The van der Waals surface area contributed by atoms with E-state index in [9.17, 15) is 4.79 Å². The maximum absolute atomic E-state index is 12.1. The Bertz CT molecular complexity index is 819. The van der Waals surface area contributed by atoms with Gasteiger partial charge in [0, 0.05) is 29.2 Å². The Morgan fingerprint density at radius 1 is 1.17 bits per heavy atom. The number of aliphatic hydroxyl groups excluding tert-OH is 1. The van der Waals surface area contributed by atoms with Crippen molar-refractivity contribution in [3.8, 4) is 0 Å². The van der Waals surface area contributed by atoms with Crippen molar-refractivity contribution in [2.24, 2.45) is 0 Å². The second kappa shape index (κ2) is 6.67. The highest BCUT2D eigenvalue weighted by molar-refractivity contribution is 5.94. The fraction of sp³-hybridized carbons (Fsp3) is 0.211. The first-order valence-corrected chi connectivity index (χ1v) is 7.72. The Kier molecular flexibility index (Phi) is 4.44. The maximum atomic E-state index is 12.1. The number of aromatic nitrogens is 1. The Balaban J connectivity index is 1.61. The fourth-order valence-electron chi connectivity index (χ4n) is 2.67. The Morgan fingerprint density at radius 2 is 1.96 bits per heavy atom. The van der Waals surface area contributed by atoms with Gasteiger partial charge in [0.1, 0.15) is 0 Å². The predicted molar refractivity (Wildman–Crippen MR) is 91.4 cm³/mol. The normalized spacial score (nSPS) is 10.9. The molecule has 0 spiro atoms. The highest BCUT2D eigenvalue weighted by Crippen LogP contribution is 2.19. The summed E-state index contributed by atoms with van der Waals surface area (Å²) in [6, 6.07) is 13.3. The lowest BCUT2D eigenvalue weighted by Gasteiger charge is -2.06. The highest BCUT2D eigenvalue weighted by Gasteiger charge is 2.07. The van der Waals surface area contributed by atoms with E-state index in [2.05, 4.69) is 35.4 Å². The summed E-state index contributed by atoms with van der Waals surface area (Å²) in [6.45, 7) is 2.65. The van der Waals surface area contributed by atoms with Crippen molar-refractivity contribution in [2.75, 3.05) is 6.54 Å². The molecule has 3 aromatic rings. The third-order valence-corrected chi connectivity index (χ3v) is 4.00. The van der Waals surface area contributed by atoms with E-state index in [4.69, 9.17) is 5.11 Å². The van der Waals surface area contributed by atoms with Crippen molar-refractivity contribution in [3.05, 3.63) is 70.9 Å². The largest absolute Gasteiger partial charge is 0.392 e. The van der Waals surface area contributed by atoms with Crippen LogP contribution in [0.3, 0.4) is 0 Å². The van der Waals surface area contributed by atoms with E-state index in [0.29, 0.717) is 12.1 Å². The summed E-state index contributed by atoms with van der Waals surface area (Å²) in [6.07, 6.45) is 2.79. The predicted octanol–water partition coefficient (Wildman–Crippen LogP) is 2.94. The van der Waals surface area contributed by atoms with Crippen molar-refractivity contribution < 1.29 is 9.90 Å². The van der Waals surface area contributed by atoms with Gasteiger partial charge in [0.05, 0.1) is 6.61 Å². The van der Waals surface area contributed by atoms with Crippen LogP contribution in [0.5, 0.6) is 0 Å². The summed E-state index contributed by atoms with van der Waals surface area (Å²) in [4.78, 5) is 15.4. The van der Waals surface area contributed by atoms with Crippen molar-refractivity contribution in [1.82, 2.24) is 10.3 Å². The summed E-state index contributed by atoms with van der Waals surface area (Å²) in [5, 5.41) is 13.2. The molecule has 0 fully saturated rings. The zero-order valence-electron chi connectivity index (χ0n) is 13.1. The number of hydrogen-bond donors (Lipinski definition) is 3. The van der Waals surface area contributed by atoms with Gasteiger partial charge in [-0.25, -0.2) is 0 Å². The van der Waals surface area contributed by atoms with Crippen LogP contribution in [0.1, 0.15) is 27.0 Å². The SMILES string of the molecule is Cc1ccc2[nH]cc(CCNC(=O)c3ccc(CO)cc3)c2c1. The van der Waals surface area contributed by atoms with Crippen LogP contribution >= 0.6 is 0 Å². The molecule has 0 saturated carbocycles. The molecule has 1 aromatic heterocycles. The van der Waals surface area contributed by atoms with Crippen LogP contribution in [0.4, 0.5) is 0 Å². The molecule has 1 amide bonds. The minimum atomic E-state index is -0.0921. The zero-order valence-corrected chi connectivity index (χ0v) is 13.1. The summed E-state index contributed by atoms with van der Waals surface area (Å²) in [5.74, 6) is -0.0921. The molecule has 4 heteroatoms. The van der Waals surface area contributed by atoms with Crippen molar-refractivity contribution in [1.29, 1.82) is 0 Å². The molecule has 0 unspecified atom stereocenters. The molecule has 23 heavy (non-hydrogen) atoms. The van der Waals surface area contributed by atoms with Crippen LogP contribution in [-0.2, 0) is 13.0 Å². The number of rotatable bonds is 5. The smallest absolute Gasteiger partial charge is 0.251 e. The monoisotopic (exact) mass is 308 g/mol. The summed E-state index contributed by atoms with van der Waals surface area (Å²) < 4.78 is 0. The lowest BCUT2D eigenvalue weighted by Crippen LogP contribution is -2.25. The van der Waals surface area contributed by atoms with Crippen molar-refractivity contribution >= 4 is 16.8 Å². The Morgan fingerprint density at radius 3 is 2.70 bits per heavy atom. The van der Waals surface area contributed by atoms with E-state index in [1.807, 2.05) is 6.20 Å². The summed E-state index contributed by atoms with van der Waals surface area (Å²) >= 11 is 0. The maximum Gasteiger partial charge on any atom is 0.251 e. The Hall–Kier alpha value is -2.59. The summed E-state index contributed by atoms with van der Waals surface area (Å²) in [5.41, 5.74) is 4.97. The number of hydrogen-bond acceptors (Lipinski definition) is 2. The zero-order chi connectivity index (χ0) is 16.2. The molecule has 0 aliphatic carbocycles. The molecule has 3 N–H and O–H groups in total. The standard InChI is InChI=1S/C19H20N2O2/c1-13-2-7-18-17(10-13)16(11-21-18)8-9-20-19(23)15-5-3-14(12-22)4-6-15/h2-7,10-11,21-22H,8-9,12H2,1H3,(H,20,23). The van der Waals surface area contributed by atoms with Gasteiger partial charge in [-0.2, -0.15) is 0 Å². The number of aliphatic hydroxyl groups is 1. The highest BCUT2D eigenvalue weighted by atomic mass is 16.3. The number of amides is 1. The first-order chi connectivity index (χ1) is 11.2. The molecule has 0 saturated heterocycles. The number of H-pyrrole nitrogens is 1. The van der Waals surface area contributed by atoms with Crippen molar-refractivity contribution in [3.63, 3.8) is 0 Å². The van der Waals surface area contributed by atoms with Crippen LogP contribution in [-0.4, -0.2) is 22.5 Å². The molecule has 3 rings (SSSR count). The lowest BCUT2D eigenvalue weighted by atomic mass is 10.1. The van der Waals surface area contributed by atoms with E-state index < -0.39 is 0 Å². The van der Waals surface area contributed by atoms with Crippen LogP contribution in [0.2, 0.25) is 0 Å². The number of benzene rings is 2. The third kappa shape index (κ3) is 3.43. The molecule has 4 nitrogen and oxygen atoms in total. The van der Waals surface area contributed by atoms with E-state index in [1.165, 1.54) is 16.5 Å². The van der Waals surface area contributed by atoms with Gasteiger partial charge < -0.3 is 15.4 Å². The second-order valence-corrected chi connectivity index (χ2v) is 5.72. The molecule has 0 aliphatic rings. The number of nitrogens with one attached hydrogen (secondary N) is 2. The third-order valence-electron chi connectivity index (χ3n) is 4.00. The second-order valence-electron chi connectivity index (χ2n) is 5.72. The molecule has 118 valence electrons. The molecule has 0 bridgehead atoms. The molecule has 0 radical (unpaired) electrons. The van der Waals surface area contributed by atoms with Crippen molar-refractivity contribution in [2.45, 2.75) is 20.0 Å². The van der Waals surface area contributed by atoms with Gasteiger partial charge in [0.15, 0.2) is 0 Å². The van der Waals surface area contributed by atoms with Crippen LogP contribution in [0.15, 0.2) is 48.7 Å². The first kappa shape index (κ1) is 15.3. The molecule has 0 atom stereocenters. The van der Waals surface area contributed by atoms with E-state index in [1.54, 1.807) is 24.3 Å². The summed E-state index contributed by atoms with van der Waals surface area (Å²) in [7, 11) is 0. The number of carbonyl (C=O) groups excluding carboxylic acids is 1. The number of fused-ring (bicyclic) bond motifs is 1. The van der Waals surface area contributed by atoms with Gasteiger partial charge >= 0.3 is 0 Å². The van der Waals surface area contributed by atoms with Gasteiger partial charge in [0.2, 0.25) is 0 Å². The molecule has 2 aromatic carbocycles. The molecule has 0 aliphatic heterocycles. The van der Waals surface area contributed by atoms with Crippen LogP contribution < -0.4 is 5.32 Å². The van der Waals surface area contributed by atoms with E-state index in [-0.39, 0.29) is 12.5 Å². The number of aromatic amines is 1. The first-order valence-electron chi connectivity index (χ1n) is 7.72. The lowest BCUT2D eigenvalue weighted by molar-refractivity contribution is 0.0954. The molecular weight excluding hydrogens is 288 g/mol. The van der Waals surface area contributed by atoms with Crippen LogP contribution in [0, 0.1) is 6.92 Å². The van der Waals surface area contributed by atoms with Crippen LogP contribution in [0.25, 0.3) is 10.9 Å². The minimum Gasteiger partial charge on any atom is -0.392 e. The topological polar surface area (TPSA) is 65.1 Å². The average Bonchev–Trinajstić information content (AvgIpc) is 2.97. The van der Waals surface area contributed by atoms with Gasteiger partial charge in [-0.3, -0.25) is 4.79 Å². The molecule has 1 heterocycles. The van der Waals surface area contributed by atoms with Gasteiger partial charge in [-0.05, 0) is 48.7 Å². The fourth-order valence-corrected chi connectivity index (χ4v) is 2.67. The van der Waals surface area contributed by atoms with E-state index in [0.717, 1.165) is 17.5 Å².